The van der Waals surface area contributed by atoms with E-state index in [2.05, 4.69) is 54.6 Å². The van der Waals surface area contributed by atoms with Crippen molar-refractivity contribution in [2.75, 3.05) is 0 Å². The zero-order valence-electron chi connectivity index (χ0n) is 10.5. The summed E-state index contributed by atoms with van der Waals surface area (Å²) in [4.78, 5) is 3.15. The first-order valence-electron chi connectivity index (χ1n) is 5.92. The van der Waals surface area contributed by atoms with E-state index < -0.39 is 0 Å². The van der Waals surface area contributed by atoms with Crippen LogP contribution in [-0.4, -0.2) is 9.55 Å². The summed E-state index contributed by atoms with van der Waals surface area (Å²) in [5, 5.41) is 0. The highest BCUT2D eigenvalue weighted by Crippen LogP contribution is 2.28. The van der Waals surface area contributed by atoms with E-state index >= 15 is 0 Å². The van der Waals surface area contributed by atoms with E-state index in [4.69, 9.17) is 12.2 Å². The van der Waals surface area contributed by atoms with Gasteiger partial charge in [-0.2, -0.15) is 0 Å². The molecule has 0 aliphatic carbocycles. The largest absolute Gasteiger partial charge is 0.337 e. The lowest BCUT2D eigenvalue weighted by atomic mass is 10.0. The van der Waals surface area contributed by atoms with Crippen LogP contribution in [0.1, 0.15) is 27.2 Å². The summed E-state index contributed by atoms with van der Waals surface area (Å²) < 4.78 is 2.99. The van der Waals surface area contributed by atoms with E-state index in [-0.39, 0.29) is 5.54 Å². The highest BCUT2D eigenvalue weighted by molar-refractivity contribution is 7.71. The Bertz CT molecular complexity index is 549. The van der Waals surface area contributed by atoms with Gasteiger partial charge in [-0.05, 0) is 38.0 Å². The molecule has 0 unspecified atom stereocenters. The van der Waals surface area contributed by atoms with Crippen LogP contribution < -0.4 is 0 Å². The Kier molecular flexibility index (Phi) is 3.20. The zero-order valence-corrected chi connectivity index (χ0v) is 11.3. The second-order valence-electron chi connectivity index (χ2n) is 4.85. The Labute approximate surface area is 107 Å². The highest BCUT2D eigenvalue weighted by atomic mass is 32.1. The van der Waals surface area contributed by atoms with Crippen LogP contribution in [0.4, 0.5) is 0 Å². The second kappa shape index (κ2) is 4.49. The van der Waals surface area contributed by atoms with Gasteiger partial charge in [0.05, 0.1) is 5.69 Å². The van der Waals surface area contributed by atoms with Crippen molar-refractivity contribution >= 4 is 12.2 Å². The molecule has 2 nitrogen and oxygen atoms in total. The summed E-state index contributed by atoms with van der Waals surface area (Å²) in [6.45, 7) is 6.61. The smallest absolute Gasteiger partial charge is 0.178 e. The van der Waals surface area contributed by atoms with Gasteiger partial charge in [-0.25, -0.2) is 0 Å². The maximum atomic E-state index is 5.39. The molecule has 1 N–H and O–H groups in total. The Balaban J connectivity index is 2.62. The minimum Gasteiger partial charge on any atom is -0.337 e. The number of imidazole rings is 1. The Morgan fingerprint density at radius 3 is 2.47 bits per heavy atom. The Morgan fingerprint density at radius 1 is 1.24 bits per heavy atom. The summed E-state index contributed by atoms with van der Waals surface area (Å²) in [6.07, 6.45) is 3.04. The molecule has 0 radical (unpaired) electrons. The van der Waals surface area contributed by atoms with Gasteiger partial charge in [-0.15, -0.1) is 0 Å². The number of rotatable bonds is 3. The SMILES string of the molecule is CCC(C)(C)n1c(-c2ccccc2)c[nH]c1=S. The number of hydrogen-bond donors (Lipinski definition) is 1. The lowest BCUT2D eigenvalue weighted by molar-refractivity contribution is 0.342. The monoisotopic (exact) mass is 246 g/mol. The number of aromatic amines is 1. The molecule has 0 bridgehead atoms. The third kappa shape index (κ3) is 2.20. The minimum atomic E-state index is 0.0300. The lowest BCUT2D eigenvalue weighted by Gasteiger charge is -2.27. The molecule has 0 spiro atoms. The van der Waals surface area contributed by atoms with E-state index in [1.807, 2.05) is 12.3 Å². The minimum absolute atomic E-state index is 0.0300. The van der Waals surface area contributed by atoms with Gasteiger partial charge in [0.1, 0.15) is 0 Å². The molecule has 0 aliphatic heterocycles. The van der Waals surface area contributed by atoms with Crippen LogP contribution in [0.5, 0.6) is 0 Å². The van der Waals surface area contributed by atoms with Crippen LogP contribution in [0.2, 0.25) is 0 Å². The predicted molar refractivity (Wildman–Crippen MR) is 74.7 cm³/mol. The van der Waals surface area contributed by atoms with E-state index in [0.717, 1.165) is 16.9 Å². The molecule has 2 rings (SSSR count). The first kappa shape index (κ1) is 12.1. The maximum Gasteiger partial charge on any atom is 0.178 e. The van der Waals surface area contributed by atoms with Crippen LogP contribution in [-0.2, 0) is 5.54 Å². The molecule has 17 heavy (non-hydrogen) atoms. The first-order chi connectivity index (χ1) is 8.06. The first-order valence-corrected chi connectivity index (χ1v) is 6.33. The number of hydrogen-bond acceptors (Lipinski definition) is 1. The summed E-state index contributed by atoms with van der Waals surface area (Å²) in [7, 11) is 0. The van der Waals surface area contributed by atoms with Gasteiger partial charge < -0.3 is 9.55 Å². The molecule has 0 saturated carbocycles. The molecule has 1 aromatic heterocycles. The van der Waals surface area contributed by atoms with Crippen molar-refractivity contribution in [2.24, 2.45) is 0 Å². The van der Waals surface area contributed by atoms with Gasteiger partial charge in [-0.1, -0.05) is 37.3 Å². The van der Waals surface area contributed by atoms with Gasteiger partial charge in [-0.3, -0.25) is 0 Å². The Morgan fingerprint density at radius 2 is 1.88 bits per heavy atom. The highest BCUT2D eigenvalue weighted by Gasteiger charge is 2.22. The Hall–Kier alpha value is -1.35. The van der Waals surface area contributed by atoms with Crippen LogP contribution in [0.3, 0.4) is 0 Å². The van der Waals surface area contributed by atoms with Gasteiger partial charge in [0.25, 0.3) is 0 Å². The average molecular weight is 246 g/mol. The molecule has 90 valence electrons. The molecule has 3 heteroatoms. The van der Waals surface area contributed by atoms with E-state index in [0.29, 0.717) is 0 Å². The zero-order chi connectivity index (χ0) is 12.5. The van der Waals surface area contributed by atoms with Crippen molar-refractivity contribution in [3.05, 3.63) is 41.3 Å². The average Bonchev–Trinajstić information content (AvgIpc) is 2.73. The second-order valence-corrected chi connectivity index (χ2v) is 5.23. The normalized spacial score (nSPS) is 11.7. The van der Waals surface area contributed by atoms with Gasteiger partial charge >= 0.3 is 0 Å². The summed E-state index contributed by atoms with van der Waals surface area (Å²) in [6, 6.07) is 10.4. The molecule has 0 aliphatic rings. The van der Waals surface area contributed by atoms with Crippen LogP contribution in [0.25, 0.3) is 11.3 Å². The van der Waals surface area contributed by atoms with Gasteiger partial charge in [0.2, 0.25) is 0 Å². The number of nitrogens with one attached hydrogen (secondary N) is 1. The van der Waals surface area contributed by atoms with Gasteiger partial charge in [0.15, 0.2) is 4.77 Å². The molecule has 0 fully saturated rings. The maximum absolute atomic E-state index is 5.39. The van der Waals surface area contributed by atoms with Crippen molar-refractivity contribution in [3.8, 4) is 11.3 Å². The molecule has 2 aromatic rings. The molecule has 1 heterocycles. The summed E-state index contributed by atoms with van der Waals surface area (Å²) >= 11 is 5.39. The summed E-state index contributed by atoms with van der Waals surface area (Å²) in [5.74, 6) is 0. The topological polar surface area (TPSA) is 20.7 Å². The molecule has 1 aromatic carbocycles. The van der Waals surface area contributed by atoms with Crippen LogP contribution in [0.15, 0.2) is 36.5 Å². The van der Waals surface area contributed by atoms with Crippen molar-refractivity contribution < 1.29 is 0 Å². The number of nitrogens with zero attached hydrogens (tertiary/aromatic N) is 1. The lowest BCUT2D eigenvalue weighted by Crippen LogP contribution is -2.26. The van der Waals surface area contributed by atoms with Gasteiger partial charge in [0, 0.05) is 11.7 Å². The standard InChI is InChI=1S/C14H18N2S/c1-4-14(2,3)16-12(10-15-13(16)17)11-8-6-5-7-9-11/h5-10H,4H2,1-3H3,(H,15,17). The van der Waals surface area contributed by atoms with Crippen LogP contribution >= 0.6 is 12.2 Å². The number of H-pyrrole nitrogens is 1. The van der Waals surface area contributed by atoms with Crippen molar-refractivity contribution in [3.63, 3.8) is 0 Å². The van der Waals surface area contributed by atoms with Crippen LogP contribution in [0, 0.1) is 4.77 Å². The fraction of sp³-hybridized carbons (Fsp3) is 0.357. The quantitative estimate of drug-likeness (QED) is 0.798. The molecular formula is C14H18N2S. The van der Waals surface area contributed by atoms with Crippen molar-refractivity contribution in [1.29, 1.82) is 0 Å². The fourth-order valence-corrected chi connectivity index (χ4v) is 2.35. The number of benzene rings is 1. The molecular weight excluding hydrogens is 228 g/mol. The van der Waals surface area contributed by atoms with E-state index in [1.165, 1.54) is 5.56 Å². The molecule has 0 saturated heterocycles. The van der Waals surface area contributed by atoms with Crippen molar-refractivity contribution in [2.45, 2.75) is 32.7 Å². The molecule has 0 atom stereocenters. The van der Waals surface area contributed by atoms with E-state index in [9.17, 15) is 0 Å². The predicted octanol–water partition coefficient (Wildman–Crippen LogP) is 4.36. The molecule has 0 amide bonds. The third-order valence-corrected chi connectivity index (χ3v) is 3.62. The van der Waals surface area contributed by atoms with E-state index in [1.54, 1.807) is 0 Å². The third-order valence-electron chi connectivity index (χ3n) is 3.32. The fourth-order valence-electron chi connectivity index (χ4n) is 1.95. The van der Waals surface area contributed by atoms with Crippen molar-refractivity contribution in [1.82, 2.24) is 9.55 Å². The summed E-state index contributed by atoms with van der Waals surface area (Å²) in [5.41, 5.74) is 2.38. The number of aromatic nitrogens is 2.